The number of fused-ring (bicyclic) bond motifs is 1. The molecule has 28 heavy (non-hydrogen) atoms. The Morgan fingerprint density at radius 1 is 0.964 bits per heavy atom. The van der Waals surface area contributed by atoms with E-state index in [4.69, 9.17) is 0 Å². The van der Waals surface area contributed by atoms with Crippen molar-refractivity contribution in [2.24, 2.45) is 25.9 Å². The minimum atomic E-state index is -0.281. The van der Waals surface area contributed by atoms with Crippen molar-refractivity contribution in [3.8, 4) is 0 Å². The van der Waals surface area contributed by atoms with Crippen molar-refractivity contribution in [1.82, 2.24) is 9.13 Å². The molecule has 1 aliphatic carbocycles. The molecule has 0 radical (unpaired) electrons. The number of nitrogens with one attached hydrogen (secondary N) is 2. The maximum Gasteiger partial charge on any atom is 0.328 e. The zero-order chi connectivity index (χ0) is 20.0. The molecular formula is C21H22N4O3. The number of amides is 2. The molecule has 2 N–H and O–H groups in total. The number of aromatic nitrogens is 2. The Bertz CT molecular complexity index is 1160. The van der Waals surface area contributed by atoms with E-state index in [-0.39, 0.29) is 23.4 Å². The smallest absolute Gasteiger partial charge is 0.326 e. The summed E-state index contributed by atoms with van der Waals surface area (Å²) in [6.07, 6.45) is 0.913. The van der Waals surface area contributed by atoms with Crippen LogP contribution in [0.4, 0.5) is 11.4 Å². The molecule has 2 aromatic carbocycles. The number of anilines is 2. The van der Waals surface area contributed by atoms with Crippen LogP contribution in [0.5, 0.6) is 0 Å². The molecule has 2 atom stereocenters. The number of benzene rings is 2. The second-order valence-corrected chi connectivity index (χ2v) is 7.45. The van der Waals surface area contributed by atoms with Crippen molar-refractivity contribution >= 4 is 34.2 Å². The molecule has 2 unspecified atom stereocenters. The summed E-state index contributed by atoms with van der Waals surface area (Å²) in [6.45, 7) is 2.05. The van der Waals surface area contributed by atoms with Gasteiger partial charge in [-0.2, -0.15) is 0 Å². The number of carbonyl (C=O) groups excluding carboxylic acids is 2. The van der Waals surface area contributed by atoms with Crippen molar-refractivity contribution in [1.29, 1.82) is 0 Å². The van der Waals surface area contributed by atoms with E-state index < -0.39 is 0 Å². The van der Waals surface area contributed by atoms with Crippen LogP contribution in [0.15, 0.2) is 47.3 Å². The molecule has 1 saturated carbocycles. The van der Waals surface area contributed by atoms with Crippen LogP contribution in [0.25, 0.3) is 11.0 Å². The molecule has 0 spiro atoms. The normalized spacial score (nSPS) is 18.1. The van der Waals surface area contributed by atoms with Gasteiger partial charge in [-0.1, -0.05) is 13.0 Å². The van der Waals surface area contributed by atoms with E-state index in [1.807, 2.05) is 6.92 Å². The average Bonchev–Trinajstić information content (AvgIpc) is 3.38. The van der Waals surface area contributed by atoms with Gasteiger partial charge in [-0.15, -0.1) is 0 Å². The molecule has 0 bridgehead atoms. The molecule has 0 saturated heterocycles. The predicted octanol–water partition coefficient (Wildman–Crippen LogP) is 2.72. The monoisotopic (exact) mass is 378 g/mol. The zero-order valence-electron chi connectivity index (χ0n) is 16.0. The maximum atomic E-state index is 12.6. The highest BCUT2D eigenvalue weighted by atomic mass is 16.2. The molecule has 1 fully saturated rings. The van der Waals surface area contributed by atoms with Crippen LogP contribution < -0.4 is 16.3 Å². The lowest BCUT2D eigenvalue weighted by Crippen LogP contribution is -2.19. The van der Waals surface area contributed by atoms with Gasteiger partial charge in [-0.05, 0) is 48.7 Å². The number of nitrogens with zero attached hydrogens (tertiary/aromatic N) is 2. The minimum Gasteiger partial charge on any atom is -0.326 e. The first-order chi connectivity index (χ1) is 13.3. The summed E-state index contributed by atoms with van der Waals surface area (Å²) < 4.78 is 3.10. The third-order valence-corrected chi connectivity index (χ3v) is 5.37. The van der Waals surface area contributed by atoms with Crippen molar-refractivity contribution in [2.75, 3.05) is 10.6 Å². The zero-order valence-corrected chi connectivity index (χ0v) is 16.0. The lowest BCUT2D eigenvalue weighted by molar-refractivity contribution is -0.117. The highest BCUT2D eigenvalue weighted by Gasteiger charge is 2.39. The molecular weight excluding hydrogens is 356 g/mol. The first-order valence-electron chi connectivity index (χ1n) is 9.23. The summed E-state index contributed by atoms with van der Waals surface area (Å²) in [7, 11) is 3.41. The molecule has 3 aromatic rings. The van der Waals surface area contributed by atoms with Crippen molar-refractivity contribution in [3.05, 3.63) is 58.5 Å². The molecule has 1 heterocycles. The number of hydrogen-bond acceptors (Lipinski definition) is 3. The molecule has 7 nitrogen and oxygen atoms in total. The SMILES string of the molecule is CC1CC1C(=O)Nc1cccc(C(=O)Nc2ccc3c(c2)n(C)c(=O)n3C)c1. The maximum absolute atomic E-state index is 12.6. The summed E-state index contributed by atoms with van der Waals surface area (Å²) in [5.41, 5.74) is 3.07. The highest BCUT2D eigenvalue weighted by Crippen LogP contribution is 2.38. The molecule has 144 valence electrons. The van der Waals surface area contributed by atoms with Gasteiger partial charge in [0.1, 0.15) is 0 Å². The van der Waals surface area contributed by atoms with Gasteiger partial charge in [-0.3, -0.25) is 18.7 Å². The third-order valence-electron chi connectivity index (χ3n) is 5.37. The Kier molecular flexibility index (Phi) is 4.30. The van der Waals surface area contributed by atoms with Gasteiger partial charge in [-0.25, -0.2) is 4.79 Å². The van der Waals surface area contributed by atoms with Gasteiger partial charge >= 0.3 is 5.69 Å². The number of hydrogen-bond donors (Lipinski definition) is 2. The van der Waals surface area contributed by atoms with Crippen molar-refractivity contribution < 1.29 is 9.59 Å². The molecule has 2 amide bonds. The highest BCUT2D eigenvalue weighted by molar-refractivity contribution is 6.06. The first-order valence-corrected chi connectivity index (χ1v) is 9.23. The van der Waals surface area contributed by atoms with Gasteiger partial charge in [0.05, 0.1) is 11.0 Å². The molecule has 1 aromatic heterocycles. The van der Waals surface area contributed by atoms with Crippen LogP contribution in [0.1, 0.15) is 23.7 Å². The fourth-order valence-electron chi connectivity index (χ4n) is 3.45. The molecule has 7 heteroatoms. The van der Waals surface area contributed by atoms with Gasteiger partial charge in [0.15, 0.2) is 0 Å². The standard InChI is InChI=1S/C21H22N4O3/c1-12-9-16(12)20(27)23-14-6-4-5-13(10-14)19(26)22-15-7-8-17-18(11-15)25(3)21(28)24(17)2/h4-8,10-12,16H,9H2,1-3H3,(H,22,26)(H,23,27). The molecule has 1 aliphatic rings. The number of aryl methyl sites for hydroxylation is 2. The van der Waals surface area contributed by atoms with E-state index in [1.54, 1.807) is 65.7 Å². The van der Waals surface area contributed by atoms with Crippen molar-refractivity contribution in [3.63, 3.8) is 0 Å². The quantitative estimate of drug-likeness (QED) is 0.732. The molecule has 4 rings (SSSR count). The summed E-state index contributed by atoms with van der Waals surface area (Å²) in [5, 5.41) is 5.73. The van der Waals surface area contributed by atoms with Crippen molar-refractivity contribution in [2.45, 2.75) is 13.3 Å². The summed E-state index contributed by atoms with van der Waals surface area (Å²) >= 11 is 0. The van der Waals surface area contributed by atoms with E-state index in [1.165, 1.54) is 0 Å². The topological polar surface area (TPSA) is 85.1 Å². The minimum absolute atomic E-state index is 0.000467. The van der Waals surface area contributed by atoms with Gasteiger partial charge in [0.2, 0.25) is 5.91 Å². The number of rotatable bonds is 4. The lowest BCUT2D eigenvalue weighted by atomic mass is 10.1. The summed E-state index contributed by atoms with van der Waals surface area (Å²) in [6, 6.07) is 12.2. The molecule has 0 aliphatic heterocycles. The second kappa shape index (κ2) is 6.67. The van der Waals surface area contributed by atoms with E-state index in [9.17, 15) is 14.4 Å². The van der Waals surface area contributed by atoms with Gasteiger partial charge in [0.25, 0.3) is 5.91 Å². The Labute approximate surface area is 162 Å². The largest absolute Gasteiger partial charge is 0.328 e. The van der Waals surface area contributed by atoms with Gasteiger partial charge in [0, 0.05) is 37.0 Å². The number of carbonyl (C=O) groups is 2. The van der Waals surface area contributed by atoms with E-state index in [2.05, 4.69) is 10.6 Å². The summed E-state index contributed by atoms with van der Waals surface area (Å²) in [4.78, 5) is 36.8. The predicted molar refractivity (Wildman–Crippen MR) is 108 cm³/mol. The third kappa shape index (κ3) is 3.19. The van der Waals surface area contributed by atoms with E-state index in [0.29, 0.717) is 22.9 Å². The lowest BCUT2D eigenvalue weighted by Gasteiger charge is -2.09. The summed E-state index contributed by atoms with van der Waals surface area (Å²) in [5.74, 6) is 0.216. The Morgan fingerprint density at radius 3 is 2.36 bits per heavy atom. The van der Waals surface area contributed by atoms with Gasteiger partial charge < -0.3 is 10.6 Å². The van der Waals surface area contributed by atoms with Crippen LogP contribution in [-0.2, 0) is 18.9 Å². The Hall–Kier alpha value is -3.35. The average molecular weight is 378 g/mol. The first kappa shape index (κ1) is 18.0. The van der Waals surface area contributed by atoms with Crippen LogP contribution in [0.2, 0.25) is 0 Å². The van der Waals surface area contributed by atoms with Crippen LogP contribution in [-0.4, -0.2) is 20.9 Å². The Balaban J connectivity index is 1.53. The van der Waals surface area contributed by atoms with Crippen LogP contribution >= 0.6 is 0 Å². The number of imidazole rings is 1. The second-order valence-electron chi connectivity index (χ2n) is 7.45. The van der Waals surface area contributed by atoms with E-state index >= 15 is 0 Å². The fourth-order valence-corrected chi connectivity index (χ4v) is 3.45. The van der Waals surface area contributed by atoms with Crippen LogP contribution in [0, 0.1) is 11.8 Å². The van der Waals surface area contributed by atoms with E-state index in [0.717, 1.165) is 17.5 Å². The Morgan fingerprint density at radius 2 is 1.64 bits per heavy atom. The van der Waals surface area contributed by atoms with Crippen LogP contribution in [0.3, 0.4) is 0 Å². The fraction of sp³-hybridized carbons (Fsp3) is 0.286.